The molecule has 0 aromatic carbocycles. The molecule has 2 unspecified atom stereocenters. The lowest BCUT2D eigenvalue weighted by Gasteiger charge is -2.30. The molecule has 0 aliphatic heterocycles. The van der Waals surface area contributed by atoms with Crippen LogP contribution < -0.4 is 5.32 Å². The smallest absolute Gasteiger partial charge is 0.138 e. The predicted molar refractivity (Wildman–Crippen MR) is 73.6 cm³/mol. The predicted octanol–water partition coefficient (Wildman–Crippen LogP) is 3.91. The number of aryl methyl sites for hydroxylation is 2. The van der Waals surface area contributed by atoms with Gasteiger partial charge in [-0.25, -0.2) is 0 Å². The van der Waals surface area contributed by atoms with E-state index < -0.39 is 0 Å². The first-order chi connectivity index (χ1) is 8.59. The monoisotopic (exact) mass is 250 g/mol. The molecule has 0 amide bonds. The maximum atomic E-state index is 5.25. The van der Waals surface area contributed by atoms with E-state index in [1.54, 1.807) is 0 Å². The fourth-order valence-corrected chi connectivity index (χ4v) is 3.36. The normalized spacial score (nSPS) is 20.9. The molecule has 1 fully saturated rings. The van der Waals surface area contributed by atoms with Crippen LogP contribution in [0.5, 0.6) is 0 Å². The third kappa shape index (κ3) is 2.94. The summed E-state index contributed by atoms with van der Waals surface area (Å²) in [6, 6.07) is 0.905. The van der Waals surface area contributed by atoms with E-state index in [9.17, 15) is 0 Å². The standard InChI is InChI=1S/C15H26N2O/c1-10(14-8-6-5-7-9-14)16-11(2)15-12(3)17-18-13(15)4/h10-11,14,16H,5-9H2,1-4H3. The average Bonchev–Trinajstić information content (AvgIpc) is 2.70. The molecule has 0 radical (unpaired) electrons. The van der Waals surface area contributed by atoms with E-state index in [2.05, 4.69) is 24.3 Å². The van der Waals surface area contributed by atoms with Gasteiger partial charge in [0, 0.05) is 17.6 Å². The van der Waals surface area contributed by atoms with Crippen LogP contribution in [0.4, 0.5) is 0 Å². The molecule has 1 saturated carbocycles. The lowest BCUT2D eigenvalue weighted by molar-refractivity contribution is 0.267. The molecule has 3 nitrogen and oxygen atoms in total. The Labute approximate surface area is 110 Å². The van der Waals surface area contributed by atoms with Gasteiger partial charge in [-0.3, -0.25) is 0 Å². The highest BCUT2D eigenvalue weighted by atomic mass is 16.5. The summed E-state index contributed by atoms with van der Waals surface area (Å²) in [5, 5.41) is 7.78. The second-order valence-electron chi connectivity index (χ2n) is 5.81. The summed E-state index contributed by atoms with van der Waals surface area (Å²) in [4.78, 5) is 0. The Bertz CT molecular complexity index is 360. The van der Waals surface area contributed by atoms with Gasteiger partial charge in [0.05, 0.1) is 5.69 Å². The van der Waals surface area contributed by atoms with Crippen molar-refractivity contribution >= 4 is 0 Å². The zero-order valence-corrected chi connectivity index (χ0v) is 12.1. The van der Waals surface area contributed by atoms with Gasteiger partial charge in [-0.2, -0.15) is 0 Å². The molecule has 1 aromatic heterocycles. The Morgan fingerprint density at radius 1 is 1.17 bits per heavy atom. The zero-order chi connectivity index (χ0) is 13.1. The van der Waals surface area contributed by atoms with E-state index in [1.807, 2.05) is 13.8 Å². The van der Waals surface area contributed by atoms with Crippen LogP contribution in [0.25, 0.3) is 0 Å². The van der Waals surface area contributed by atoms with Crippen molar-refractivity contribution in [1.29, 1.82) is 0 Å². The van der Waals surface area contributed by atoms with Crippen molar-refractivity contribution in [3.63, 3.8) is 0 Å². The molecule has 1 aliphatic carbocycles. The average molecular weight is 250 g/mol. The van der Waals surface area contributed by atoms with E-state index in [4.69, 9.17) is 4.52 Å². The lowest BCUT2D eigenvalue weighted by atomic mass is 9.84. The largest absolute Gasteiger partial charge is 0.361 e. The van der Waals surface area contributed by atoms with Crippen LogP contribution in [0.15, 0.2) is 4.52 Å². The highest BCUT2D eigenvalue weighted by molar-refractivity contribution is 5.24. The number of hydrogen-bond acceptors (Lipinski definition) is 3. The third-order valence-electron chi connectivity index (χ3n) is 4.39. The summed E-state index contributed by atoms with van der Waals surface area (Å²) in [5.41, 5.74) is 2.25. The van der Waals surface area contributed by atoms with Crippen molar-refractivity contribution in [3.05, 3.63) is 17.0 Å². The van der Waals surface area contributed by atoms with Gasteiger partial charge in [0.15, 0.2) is 0 Å². The number of aromatic nitrogens is 1. The molecule has 1 heterocycles. The van der Waals surface area contributed by atoms with Gasteiger partial charge in [0.1, 0.15) is 5.76 Å². The Balaban J connectivity index is 1.96. The van der Waals surface area contributed by atoms with Crippen LogP contribution in [0, 0.1) is 19.8 Å². The topological polar surface area (TPSA) is 38.1 Å². The third-order valence-corrected chi connectivity index (χ3v) is 4.39. The van der Waals surface area contributed by atoms with Crippen LogP contribution in [0.3, 0.4) is 0 Å². The Kier molecular flexibility index (Phi) is 4.44. The molecule has 0 spiro atoms. The van der Waals surface area contributed by atoms with Crippen LogP contribution in [0.1, 0.15) is 69.0 Å². The van der Waals surface area contributed by atoms with E-state index in [1.165, 1.54) is 37.7 Å². The van der Waals surface area contributed by atoms with Crippen LogP contribution in [0.2, 0.25) is 0 Å². The van der Waals surface area contributed by atoms with Gasteiger partial charge in [-0.15, -0.1) is 0 Å². The van der Waals surface area contributed by atoms with Crippen molar-refractivity contribution in [3.8, 4) is 0 Å². The van der Waals surface area contributed by atoms with E-state index >= 15 is 0 Å². The molecule has 102 valence electrons. The fourth-order valence-electron chi connectivity index (χ4n) is 3.36. The van der Waals surface area contributed by atoms with Gasteiger partial charge < -0.3 is 9.84 Å². The summed E-state index contributed by atoms with van der Waals surface area (Å²) >= 11 is 0. The number of rotatable bonds is 4. The van der Waals surface area contributed by atoms with Crippen molar-refractivity contribution in [2.75, 3.05) is 0 Å². The van der Waals surface area contributed by atoms with E-state index in [0.29, 0.717) is 12.1 Å². The summed E-state index contributed by atoms with van der Waals surface area (Å²) in [6.07, 6.45) is 6.97. The number of nitrogens with one attached hydrogen (secondary N) is 1. The second-order valence-corrected chi connectivity index (χ2v) is 5.81. The van der Waals surface area contributed by atoms with Crippen molar-refractivity contribution in [2.24, 2.45) is 5.92 Å². The zero-order valence-electron chi connectivity index (χ0n) is 12.1. The molecule has 0 bridgehead atoms. The summed E-state index contributed by atoms with van der Waals surface area (Å²) in [6.45, 7) is 8.56. The summed E-state index contributed by atoms with van der Waals surface area (Å²) in [7, 11) is 0. The highest BCUT2D eigenvalue weighted by Gasteiger charge is 2.23. The molecular formula is C15H26N2O. The molecular weight excluding hydrogens is 224 g/mol. The van der Waals surface area contributed by atoms with Crippen LogP contribution >= 0.6 is 0 Å². The second kappa shape index (κ2) is 5.87. The Morgan fingerprint density at radius 3 is 2.39 bits per heavy atom. The first kappa shape index (κ1) is 13.6. The number of nitrogens with zero attached hydrogens (tertiary/aromatic N) is 1. The fraction of sp³-hybridized carbons (Fsp3) is 0.800. The molecule has 3 heteroatoms. The number of hydrogen-bond donors (Lipinski definition) is 1. The van der Waals surface area contributed by atoms with E-state index in [-0.39, 0.29) is 0 Å². The first-order valence-corrected chi connectivity index (χ1v) is 7.28. The van der Waals surface area contributed by atoms with Gasteiger partial charge in [-0.05, 0) is 46.5 Å². The Hall–Kier alpha value is -0.830. The van der Waals surface area contributed by atoms with Crippen molar-refractivity contribution in [2.45, 2.75) is 71.9 Å². The van der Waals surface area contributed by atoms with Gasteiger partial charge in [0.25, 0.3) is 0 Å². The van der Waals surface area contributed by atoms with Crippen molar-refractivity contribution in [1.82, 2.24) is 10.5 Å². The minimum Gasteiger partial charge on any atom is -0.361 e. The minimum atomic E-state index is 0.327. The maximum absolute atomic E-state index is 5.25. The molecule has 1 aliphatic rings. The summed E-state index contributed by atoms with van der Waals surface area (Å²) < 4.78 is 5.25. The van der Waals surface area contributed by atoms with Crippen LogP contribution in [-0.2, 0) is 0 Å². The van der Waals surface area contributed by atoms with Gasteiger partial charge in [-0.1, -0.05) is 24.4 Å². The van der Waals surface area contributed by atoms with Gasteiger partial charge in [0.2, 0.25) is 0 Å². The molecule has 1 N–H and O–H groups in total. The quantitative estimate of drug-likeness (QED) is 0.880. The van der Waals surface area contributed by atoms with E-state index in [0.717, 1.165) is 17.4 Å². The van der Waals surface area contributed by atoms with Crippen LogP contribution in [-0.4, -0.2) is 11.2 Å². The molecule has 2 rings (SSSR count). The SMILES string of the molecule is Cc1noc(C)c1C(C)NC(C)C1CCCCC1. The van der Waals surface area contributed by atoms with Crippen molar-refractivity contribution < 1.29 is 4.52 Å². The lowest BCUT2D eigenvalue weighted by Crippen LogP contribution is -2.36. The maximum Gasteiger partial charge on any atom is 0.138 e. The Morgan fingerprint density at radius 2 is 1.83 bits per heavy atom. The minimum absolute atomic E-state index is 0.327. The molecule has 0 saturated heterocycles. The highest BCUT2D eigenvalue weighted by Crippen LogP contribution is 2.28. The molecule has 18 heavy (non-hydrogen) atoms. The first-order valence-electron chi connectivity index (χ1n) is 7.28. The summed E-state index contributed by atoms with van der Waals surface area (Å²) in [5.74, 6) is 1.78. The molecule has 1 aromatic rings. The molecule has 2 atom stereocenters. The van der Waals surface area contributed by atoms with Gasteiger partial charge >= 0.3 is 0 Å².